The van der Waals surface area contributed by atoms with Crippen molar-refractivity contribution in [2.45, 2.75) is 17.5 Å². The van der Waals surface area contributed by atoms with Crippen LogP contribution in [0.2, 0.25) is 0 Å². The summed E-state index contributed by atoms with van der Waals surface area (Å²) in [7, 11) is -3.93. The molecule has 1 atom stereocenters. The minimum Gasteiger partial charge on any atom is -0.348 e. The molecule has 1 aromatic heterocycles. The molecule has 0 spiro atoms. The third kappa shape index (κ3) is 2.83. The quantitative estimate of drug-likeness (QED) is 0.704. The Hall–Kier alpha value is -2.51. The van der Waals surface area contributed by atoms with Crippen molar-refractivity contribution in [2.75, 3.05) is 6.54 Å². The highest BCUT2D eigenvalue weighted by Crippen LogP contribution is 2.36. The van der Waals surface area contributed by atoms with E-state index in [1.165, 1.54) is 34.6 Å². The lowest BCUT2D eigenvalue weighted by atomic mass is 10.0. The summed E-state index contributed by atoms with van der Waals surface area (Å²) in [5.74, 6) is -0.996. The van der Waals surface area contributed by atoms with Gasteiger partial charge in [0.05, 0.1) is 10.9 Å². The maximum atomic E-state index is 13.6. The van der Waals surface area contributed by atoms with Gasteiger partial charge in [-0.25, -0.2) is 17.2 Å². The maximum absolute atomic E-state index is 13.6. The first kappa shape index (κ1) is 16.9. The lowest BCUT2D eigenvalue weighted by Crippen LogP contribution is -2.42. The van der Waals surface area contributed by atoms with Gasteiger partial charge < -0.3 is 4.57 Å². The van der Waals surface area contributed by atoms with Crippen LogP contribution >= 0.6 is 0 Å². The lowest BCUT2D eigenvalue weighted by molar-refractivity contribution is 0.298. The lowest BCUT2D eigenvalue weighted by Gasteiger charge is -2.36. The average Bonchev–Trinajstić information content (AvgIpc) is 3.10. The average molecular weight is 374 g/mol. The summed E-state index contributed by atoms with van der Waals surface area (Å²) in [5, 5.41) is 0. The van der Waals surface area contributed by atoms with Crippen LogP contribution in [0, 0.1) is 11.6 Å². The molecule has 3 aromatic rings. The first-order valence-corrected chi connectivity index (χ1v) is 9.59. The first-order chi connectivity index (χ1) is 12.5. The summed E-state index contributed by atoms with van der Waals surface area (Å²) in [6, 6.07) is 13.9. The smallest absolute Gasteiger partial charge is 0.244 e. The van der Waals surface area contributed by atoms with Crippen molar-refractivity contribution in [2.24, 2.45) is 0 Å². The zero-order chi connectivity index (χ0) is 18.3. The largest absolute Gasteiger partial charge is 0.348 e. The van der Waals surface area contributed by atoms with Crippen molar-refractivity contribution in [3.05, 3.63) is 89.8 Å². The fourth-order valence-electron chi connectivity index (χ4n) is 3.37. The fourth-order valence-corrected chi connectivity index (χ4v) is 4.98. The zero-order valence-corrected chi connectivity index (χ0v) is 14.5. The molecule has 0 saturated carbocycles. The number of rotatable bonds is 3. The van der Waals surface area contributed by atoms with Crippen LogP contribution < -0.4 is 0 Å². The highest BCUT2D eigenvalue weighted by atomic mass is 32.2. The van der Waals surface area contributed by atoms with Crippen LogP contribution in [0.25, 0.3) is 0 Å². The van der Waals surface area contributed by atoms with Gasteiger partial charge in [-0.2, -0.15) is 4.31 Å². The van der Waals surface area contributed by atoms with Gasteiger partial charge in [-0.15, -0.1) is 0 Å². The second-order valence-electron chi connectivity index (χ2n) is 6.15. The minimum atomic E-state index is -3.93. The standard InChI is InChI=1S/C19H16F2N2O2S/c20-15-8-6-14(7-9-15)19-18-5-2-10-22(18)11-12-23(19)26(24,25)17-4-1-3-16(21)13-17/h1-10,13,19H,11-12H2/t19-/m1/s1. The van der Waals surface area contributed by atoms with E-state index in [-0.39, 0.29) is 17.3 Å². The third-order valence-electron chi connectivity index (χ3n) is 4.58. The van der Waals surface area contributed by atoms with Crippen molar-refractivity contribution in [1.29, 1.82) is 0 Å². The predicted molar refractivity (Wildman–Crippen MR) is 93.0 cm³/mol. The summed E-state index contributed by atoms with van der Waals surface area (Å²) in [6.45, 7) is 0.733. The monoisotopic (exact) mass is 374 g/mol. The normalized spacial score (nSPS) is 17.8. The molecule has 0 saturated heterocycles. The van der Waals surface area contributed by atoms with E-state index < -0.39 is 21.9 Å². The molecule has 2 aromatic carbocycles. The number of benzene rings is 2. The Labute approximate surface area is 150 Å². The maximum Gasteiger partial charge on any atom is 0.244 e. The number of hydrogen-bond donors (Lipinski definition) is 0. The Bertz CT molecular complexity index is 1050. The second-order valence-corrected chi connectivity index (χ2v) is 8.04. The SMILES string of the molecule is O=S(=O)(c1cccc(F)c1)N1CCn2cccc2[C@H]1c1ccc(F)cc1. The van der Waals surface area contributed by atoms with E-state index in [1.54, 1.807) is 12.1 Å². The molecule has 0 fully saturated rings. The van der Waals surface area contributed by atoms with Crippen LogP contribution in [-0.2, 0) is 16.6 Å². The van der Waals surface area contributed by atoms with Gasteiger partial charge in [0.2, 0.25) is 10.0 Å². The topological polar surface area (TPSA) is 42.3 Å². The van der Waals surface area contributed by atoms with Gasteiger partial charge in [-0.3, -0.25) is 0 Å². The van der Waals surface area contributed by atoms with E-state index in [9.17, 15) is 17.2 Å². The van der Waals surface area contributed by atoms with E-state index in [0.29, 0.717) is 12.1 Å². The Morgan fingerprint density at radius 1 is 0.885 bits per heavy atom. The molecule has 0 bridgehead atoms. The summed E-state index contributed by atoms with van der Waals surface area (Å²) in [5.41, 5.74) is 1.45. The predicted octanol–water partition coefficient (Wildman–Crippen LogP) is 3.56. The Morgan fingerprint density at radius 2 is 1.65 bits per heavy atom. The van der Waals surface area contributed by atoms with Crippen molar-refractivity contribution in [1.82, 2.24) is 8.87 Å². The Balaban J connectivity index is 1.85. The molecule has 1 aliphatic heterocycles. The van der Waals surface area contributed by atoms with Gasteiger partial charge in [0, 0.05) is 25.0 Å². The second kappa shape index (κ2) is 6.34. The van der Waals surface area contributed by atoms with Gasteiger partial charge in [0.25, 0.3) is 0 Å². The van der Waals surface area contributed by atoms with Gasteiger partial charge in [-0.1, -0.05) is 18.2 Å². The molecule has 4 rings (SSSR count). The molecule has 1 aliphatic rings. The molecule has 26 heavy (non-hydrogen) atoms. The number of halogens is 2. The van der Waals surface area contributed by atoms with Gasteiger partial charge >= 0.3 is 0 Å². The highest BCUT2D eigenvalue weighted by molar-refractivity contribution is 7.89. The summed E-state index contributed by atoms with van der Waals surface area (Å²) >= 11 is 0. The van der Waals surface area contributed by atoms with Crippen molar-refractivity contribution in [3.8, 4) is 0 Å². The number of sulfonamides is 1. The fraction of sp³-hybridized carbons (Fsp3) is 0.158. The van der Waals surface area contributed by atoms with Crippen molar-refractivity contribution in [3.63, 3.8) is 0 Å². The number of aromatic nitrogens is 1. The van der Waals surface area contributed by atoms with Crippen molar-refractivity contribution < 1.29 is 17.2 Å². The molecular formula is C19H16F2N2O2S. The van der Waals surface area contributed by atoms with Crippen LogP contribution in [0.1, 0.15) is 17.3 Å². The summed E-state index contributed by atoms with van der Waals surface area (Å²) in [6.07, 6.45) is 1.89. The summed E-state index contributed by atoms with van der Waals surface area (Å²) in [4.78, 5) is -0.0929. The first-order valence-electron chi connectivity index (χ1n) is 8.15. The molecule has 0 radical (unpaired) electrons. The molecule has 7 heteroatoms. The molecule has 2 heterocycles. The van der Waals surface area contributed by atoms with Crippen LogP contribution in [0.5, 0.6) is 0 Å². The number of hydrogen-bond acceptors (Lipinski definition) is 2. The molecule has 0 amide bonds. The Kier molecular flexibility index (Phi) is 4.13. The van der Waals surface area contributed by atoms with Gasteiger partial charge in [0.1, 0.15) is 11.6 Å². The number of fused-ring (bicyclic) bond motifs is 1. The van der Waals surface area contributed by atoms with E-state index in [2.05, 4.69) is 0 Å². The van der Waals surface area contributed by atoms with Gasteiger partial charge in [0.15, 0.2) is 0 Å². The van der Waals surface area contributed by atoms with E-state index in [1.807, 2.05) is 22.9 Å². The van der Waals surface area contributed by atoms with Crippen LogP contribution in [0.4, 0.5) is 8.78 Å². The molecular weight excluding hydrogens is 358 g/mol. The molecule has 134 valence electrons. The highest BCUT2D eigenvalue weighted by Gasteiger charge is 2.37. The van der Waals surface area contributed by atoms with E-state index >= 15 is 0 Å². The zero-order valence-electron chi connectivity index (χ0n) is 13.7. The van der Waals surface area contributed by atoms with Crippen LogP contribution in [0.15, 0.2) is 71.8 Å². The van der Waals surface area contributed by atoms with Crippen LogP contribution in [0.3, 0.4) is 0 Å². The molecule has 0 unspecified atom stereocenters. The summed E-state index contributed by atoms with van der Waals surface area (Å²) < 4.78 is 56.7. The number of nitrogens with zero attached hydrogens (tertiary/aromatic N) is 2. The molecule has 0 N–H and O–H groups in total. The van der Waals surface area contributed by atoms with E-state index in [4.69, 9.17) is 0 Å². The molecule has 4 nitrogen and oxygen atoms in total. The third-order valence-corrected chi connectivity index (χ3v) is 6.44. The molecule has 0 aliphatic carbocycles. The Morgan fingerprint density at radius 3 is 2.38 bits per heavy atom. The van der Waals surface area contributed by atoms with Crippen molar-refractivity contribution >= 4 is 10.0 Å². The van der Waals surface area contributed by atoms with Crippen LogP contribution in [-0.4, -0.2) is 23.8 Å². The van der Waals surface area contributed by atoms with E-state index in [0.717, 1.165) is 11.8 Å². The van der Waals surface area contributed by atoms with Gasteiger partial charge in [-0.05, 0) is 48.0 Å². The minimum absolute atomic E-state index is 0.0929.